The molecule has 4 rings (SSSR count). The number of pyridine rings is 1. The molecule has 2 saturated heterocycles. The number of amides is 2. The van der Waals surface area contributed by atoms with Crippen molar-refractivity contribution in [2.45, 2.75) is 64.2 Å². The molecule has 2 aliphatic rings. The lowest BCUT2D eigenvalue weighted by molar-refractivity contribution is -0.136. The van der Waals surface area contributed by atoms with Gasteiger partial charge in [0.05, 0.1) is 17.6 Å². The molecule has 3 heterocycles. The van der Waals surface area contributed by atoms with Crippen LogP contribution in [-0.4, -0.2) is 52.6 Å². The van der Waals surface area contributed by atoms with Crippen molar-refractivity contribution in [2.24, 2.45) is 0 Å². The van der Waals surface area contributed by atoms with Crippen LogP contribution in [0.4, 0.5) is 5.82 Å². The number of rotatable bonds is 5. The van der Waals surface area contributed by atoms with Gasteiger partial charge in [0.15, 0.2) is 0 Å². The SMILES string of the molecule is CC1(C)OB(c2ccc(NC(=O)C3CCCN3C(=O)Cc3ccccc3)nc2)OC1(C)C. The topological polar surface area (TPSA) is 80.8 Å². The third-order valence-electron chi connectivity index (χ3n) is 6.64. The van der Waals surface area contributed by atoms with Gasteiger partial charge < -0.3 is 19.5 Å². The first-order valence-corrected chi connectivity index (χ1v) is 11.1. The molecule has 2 aliphatic heterocycles. The molecule has 7 nitrogen and oxygen atoms in total. The van der Waals surface area contributed by atoms with E-state index in [9.17, 15) is 9.59 Å². The third kappa shape index (κ3) is 4.57. The molecule has 0 bridgehead atoms. The zero-order valence-corrected chi connectivity index (χ0v) is 19.1. The van der Waals surface area contributed by atoms with Crippen molar-refractivity contribution in [2.75, 3.05) is 11.9 Å². The molecule has 2 aromatic rings. The predicted octanol–water partition coefficient (Wildman–Crippen LogP) is 2.55. The molecule has 2 amide bonds. The highest BCUT2D eigenvalue weighted by Crippen LogP contribution is 2.36. The summed E-state index contributed by atoms with van der Waals surface area (Å²) >= 11 is 0. The molecule has 1 aromatic carbocycles. The first-order chi connectivity index (χ1) is 15.2. The number of nitrogens with zero attached hydrogens (tertiary/aromatic N) is 2. The Morgan fingerprint density at radius 1 is 1.09 bits per heavy atom. The lowest BCUT2D eigenvalue weighted by atomic mass is 9.80. The number of likely N-dealkylation sites (tertiary alicyclic amines) is 1. The second-order valence-corrected chi connectivity index (χ2v) is 9.46. The van der Waals surface area contributed by atoms with Crippen molar-refractivity contribution in [3.8, 4) is 0 Å². The molecule has 1 aromatic heterocycles. The fourth-order valence-electron chi connectivity index (χ4n) is 4.02. The first-order valence-electron chi connectivity index (χ1n) is 11.1. The Labute approximate surface area is 189 Å². The number of carbonyl (C=O) groups excluding carboxylic acids is 2. The van der Waals surface area contributed by atoms with Gasteiger partial charge in [-0.15, -0.1) is 0 Å². The van der Waals surface area contributed by atoms with Crippen LogP contribution in [0.2, 0.25) is 0 Å². The summed E-state index contributed by atoms with van der Waals surface area (Å²) in [6.07, 6.45) is 3.42. The van der Waals surface area contributed by atoms with Crippen LogP contribution in [0.5, 0.6) is 0 Å². The summed E-state index contributed by atoms with van der Waals surface area (Å²) in [5.41, 5.74) is 0.886. The highest BCUT2D eigenvalue weighted by Gasteiger charge is 2.51. The molecular formula is C24H30BN3O4. The quantitative estimate of drug-likeness (QED) is 0.731. The van der Waals surface area contributed by atoms with Crippen molar-refractivity contribution in [3.63, 3.8) is 0 Å². The number of carbonyl (C=O) groups is 2. The summed E-state index contributed by atoms with van der Waals surface area (Å²) in [5, 5.41) is 2.86. The zero-order chi connectivity index (χ0) is 22.9. The maximum atomic E-state index is 12.9. The average molecular weight is 435 g/mol. The van der Waals surface area contributed by atoms with E-state index in [2.05, 4.69) is 10.3 Å². The Balaban J connectivity index is 1.38. The summed E-state index contributed by atoms with van der Waals surface area (Å²) in [7, 11) is -0.502. The fraction of sp³-hybridized carbons (Fsp3) is 0.458. The molecule has 0 aliphatic carbocycles. The first kappa shape index (κ1) is 22.5. The summed E-state index contributed by atoms with van der Waals surface area (Å²) < 4.78 is 12.1. The number of aromatic nitrogens is 1. The summed E-state index contributed by atoms with van der Waals surface area (Å²) in [6.45, 7) is 8.60. The molecule has 0 saturated carbocycles. The Morgan fingerprint density at radius 3 is 2.41 bits per heavy atom. The number of nitrogens with one attached hydrogen (secondary N) is 1. The van der Waals surface area contributed by atoms with E-state index >= 15 is 0 Å². The van der Waals surface area contributed by atoms with Gasteiger partial charge in [-0.3, -0.25) is 9.59 Å². The van der Waals surface area contributed by atoms with Gasteiger partial charge in [0.25, 0.3) is 0 Å². The van der Waals surface area contributed by atoms with Crippen molar-refractivity contribution in [3.05, 3.63) is 54.2 Å². The van der Waals surface area contributed by atoms with Crippen LogP contribution >= 0.6 is 0 Å². The molecule has 168 valence electrons. The summed E-state index contributed by atoms with van der Waals surface area (Å²) in [4.78, 5) is 31.7. The second-order valence-electron chi connectivity index (χ2n) is 9.46. The maximum absolute atomic E-state index is 12.9. The van der Waals surface area contributed by atoms with Crippen molar-refractivity contribution < 1.29 is 18.9 Å². The number of anilines is 1. The number of benzene rings is 1. The van der Waals surface area contributed by atoms with E-state index in [0.717, 1.165) is 17.4 Å². The summed E-state index contributed by atoms with van der Waals surface area (Å²) in [5.74, 6) is 0.204. The van der Waals surface area contributed by atoms with Gasteiger partial charge in [-0.25, -0.2) is 4.98 Å². The Bertz CT molecular complexity index is 962. The van der Waals surface area contributed by atoms with E-state index in [1.807, 2.05) is 64.1 Å². The Hall–Kier alpha value is -2.71. The van der Waals surface area contributed by atoms with Crippen LogP contribution in [0.15, 0.2) is 48.7 Å². The molecule has 1 atom stereocenters. The normalized spacial score (nSPS) is 21.6. The third-order valence-corrected chi connectivity index (χ3v) is 6.64. The number of hydrogen-bond donors (Lipinski definition) is 1. The number of hydrogen-bond acceptors (Lipinski definition) is 5. The minimum absolute atomic E-state index is 0.0297. The smallest absolute Gasteiger partial charge is 0.399 e. The molecule has 0 radical (unpaired) electrons. The van der Waals surface area contributed by atoms with E-state index in [1.54, 1.807) is 17.2 Å². The van der Waals surface area contributed by atoms with Crippen molar-refractivity contribution in [1.29, 1.82) is 0 Å². The van der Waals surface area contributed by atoms with Gasteiger partial charge >= 0.3 is 7.12 Å². The Kier molecular flexibility index (Phi) is 6.10. The molecule has 8 heteroatoms. The molecule has 32 heavy (non-hydrogen) atoms. The van der Waals surface area contributed by atoms with E-state index < -0.39 is 24.4 Å². The lowest BCUT2D eigenvalue weighted by Crippen LogP contribution is -2.44. The van der Waals surface area contributed by atoms with E-state index in [4.69, 9.17) is 9.31 Å². The monoisotopic (exact) mass is 435 g/mol. The standard InChI is InChI=1S/C24H30BN3O4/c1-23(2)24(3,4)32-25(31-23)18-12-13-20(26-16-18)27-22(30)19-11-8-14-28(19)21(29)15-17-9-6-5-7-10-17/h5-7,9-10,12-13,16,19H,8,11,14-15H2,1-4H3,(H,26,27,30). The van der Waals surface area contributed by atoms with Crippen LogP contribution in [0.1, 0.15) is 46.1 Å². The van der Waals surface area contributed by atoms with Gasteiger partial charge in [-0.05, 0) is 52.2 Å². The maximum Gasteiger partial charge on any atom is 0.496 e. The minimum atomic E-state index is -0.502. The van der Waals surface area contributed by atoms with Gasteiger partial charge in [0.2, 0.25) is 11.8 Å². The largest absolute Gasteiger partial charge is 0.496 e. The lowest BCUT2D eigenvalue weighted by Gasteiger charge is -2.32. The van der Waals surface area contributed by atoms with Gasteiger partial charge in [-0.1, -0.05) is 36.4 Å². The highest BCUT2D eigenvalue weighted by atomic mass is 16.7. The second kappa shape index (κ2) is 8.67. The van der Waals surface area contributed by atoms with Crippen LogP contribution < -0.4 is 10.8 Å². The molecule has 2 fully saturated rings. The molecule has 0 spiro atoms. The van der Waals surface area contributed by atoms with Crippen LogP contribution in [0.25, 0.3) is 0 Å². The molecule has 1 N–H and O–H groups in total. The fourth-order valence-corrected chi connectivity index (χ4v) is 4.02. The van der Waals surface area contributed by atoms with Crippen molar-refractivity contribution in [1.82, 2.24) is 9.88 Å². The van der Waals surface area contributed by atoms with Gasteiger partial charge in [-0.2, -0.15) is 0 Å². The summed E-state index contributed by atoms with van der Waals surface area (Å²) in [6, 6.07) is 12.7. The van der Waals surface area contributed by atoms with E-state index in [0.29, 0.717) is 25.2 Å². The van der Waals surface area contributed by atoms with Crippen LogP contribution in [0.3, 0.4) is 0 Å². The predicted molar refractivity (Wildman–Crippen MR) is 123 cm³/mol. The molecular weight excluding hydrogens is 405 g/mol. The van der Waals surface area contributed by atoms with Gasteiger partial charge in [0, 0.05) is 18.2 Å². The average Bonchev–Trinajstić information content (AvgIpc) is 3.32. The van der Waals surface area contributed by atoms with E-state index in [1.165, 1.54) is 0 Å². The zero-order valence-electron chi connectivity index (χ0n) is 19.1. The molecule has 1 unspecified atom stereocenters. The minimum Gasteiger partial charge on any atom is -0.399 e. The van der Waals surface area contributed by atoms with Crippen LogP contribution in [0, 0.1) is 0 Å². The highest BCUT2D eigenvalue weighted by molar-refractivity contribution is 6.62. The van der Waals surface area contributed by atoms with E-state index in [-0.39, 0.29) is 11.8 Å². The van der Waals surface area contributed by atoms with Crippen molar-refractivity contribution >= 4 is 30.2 Å². The van der Waals surface area contributed by atoms with Crippen LogP contribution in [-0.2, 0) is 25.3 Å². The van der Waals surface area contributed by atoms with Gasteiger partial charge in [0.1, 0.15) is 11.9 Å². The Morgan fingerprint density at radius 2 is 1.78 bits per heavy atom.